The molecule has 5 heteroatoms. The number of hydrogen-bond donors (Lipinski definition) is 0. The van der Waals surface area contributed by atoms with E-state index in [1.165, 1.54) is 23.0 Å². The van der Waals surface area contributed by atoms with Crippen molar-refractivity contribution >= 4 is 26.8 Å². The highest BCUT2D eigenvalue weighted by molar-refractivity contribution is 9.10. The monoisotopic (exact) mass is 346 g/mol. The molecule has 0 saturated carbocycles. The minimum Gasteiger partial charge on any atom is -0.294 e. The number of benzene rings is 2. The van der Waals surface area contributed by atoms with Crippen LogP contribution in [0.4, 0.5) is 4.39 Å². The van der Waals surface area contributed by atoms with Gasteiger partial charge in [0.05, 0.1) is 23.8 Å². The average molecular weight is 347 g/mol. The molecule has 0 N–H and O–H groups in total. The maximum Gasteiger partial charge on any atom is 0.261 e. The number of hydrogen-bond acceptors (Lipinski definition) is 2. The van der Waals surface area contributed by atoms with Crippen LogP contribution in [0.25, 0.3) is 10.9 Å². The van der Waals surface area contributed by atoms with Gasteiger partial charge in [0.25, 0.3) is 5.56 Å². The number of aromatic nitrogens is 2. The summed E-state index contributed by atoms with van der Waals surface area (Å²) < 4.78 is 15.5. The maximum atomic E-state index is 13.1. The second-order valence-corrected chi connectivity index (χ2v) is 5.83. The first-order chi connectivity index (χ1) is 10.0. The molecule has 0 atom stereocenters. The van der Waals surface area contributed by atoms with Crippen LogP contribution >= 0.6 is 15.9 Å². The summed E-state index contributed by atoms with van der Waals surface area (Å²) in [7, 11) is 0. The summed E-state index contributed by atoms with van der Waals surface area (Å²) in [5.41, 5.74) is 2.27. The molecule has 0 unspecified atom stereocenters. The first-order valence-electron chi connectivity index (χ1n) is 6.44. The number of aryl methyl sites for hydroxylation is 1. The van der Waals surface area contributed by atoms with E-state index in [-0.39, 0.29) is 11.4 Å². The molecule has 21 heavy (non-hydrogen) atoms. The molecule has 0 aliphatic heterocycles. The zero-order valence-corrected chi connectivity index (χ0v) is 12.9. The van der Waals surface area contributed by atoms with Crippen LogP contribution in [0.3, 0.4) is 0 Å². The molecule has 1 aromatic heterocycles. The normalized spacial score (nSPS) is 11.0. The van der Waals surface area contributed by atoms with Gasteiger partial charge in [-0.15, -0.1) is 0 Å². The standard InChI is InChI=1S/C16H12BrFN2O/c1-10-6-13(18)4-2-11(10)8-20-9-19-15-7-12(17)3-5-14(15)16(20)21/h2-7,9H,8H2,1H3. The molecule has 0 spiro atoms. The van der Waals surface area contributed by atoms with E-state index in [0.29, 0.717) is 17.4 Å². The van der Waals surface area contributed by atoms with Gasteiger partial charge < -0.3 is 0 Å². The highest BCUT2D eigenvalue weighted by Gasteiger charge is 2.07. The number of fused-ring (bicyclic) bond motifs is 1. The molecule has 3 nitrogen and oxygen atoms in total. The van der Waals surface area contributed by atoms with Crippen LogP contribution in [0.15, 0.2) is 52.0 Å². The SMILES string of the molecule is Cc1cc(F)ccc1Cn1cnc2cc(Br)ccc2c1=O. The molecule has 0 bridgehead atoms. The second-order valence-electron chi connectivity index (χ2n) is 4.91. The van der Waals surface area contributed by atoms with E-state index in [0.717, 1.165) is 15.6 Å². The predicted molar refractivity (Wildman–Crippen MR) is 83.9 cm³/mol. The number of halogens is 2. The largest absolute Gasteiger partial charge is 0.294 e. The summed E-state index contributed by atoms with van der Waals surface area (Å²) in [5, 5.41) is 0.570. The van der Waals surface area contributed by atoms with Crippen molar-refractivity contribution in [3.63, 3.8) is 0 Å². The van der Waals surface area contributed by atoms with Crippen molar-refractivity contribution in [2.45, 2.75) is 13.5 Å². The summed E-state index contributed by atoms with van der Waals surface area (Å²) >= 11 is 3.36. The van der Waals surface area contributed by atoms with Gasteiger partial charge in [0.1, 0.15) is 5.82 Å². The van der Waals surface area contributed by atoms with Crippen molar-refractivity contribution in [3.8, 4) is 0 Å². The quantitative estimate of drug-likeness (QED) is 0.709. The Balaban J connectivity index is 2.07. The molecule has 2 aromatic carbocycles. The lowest BCUT2D eigenvalue weighted by atomic mass is 10.1. The Morgan fingerprint density at radius 1 is 1.24 bits per heavy atom. The summed E-state index contributed by atoms with van der Waals surface area (Å²) in [5.74, 6) is -0.273. The van der Waals surface area contributed by atoms with Gasteiger partial charge in [0.2, 0.25) is 0 Å². The van der Waals surface area contributed by atoms with Crippen molar-refractivity contribution in [3.05, 3.63) is 74.5 Å². The van der Waals surface area contributed by atoms with Gasteiger partial charge in [-0.05, 0) is 48.4 Å². The van der Waals surface area contributed by atoms with Crippen LogP contribution in [0, 0.1) is 12.7 Å². The molecule has 0 amide bonds. The lowest BCUT2D eigenvalue weighted by molar-refractivity contribution is 0.624. The van der Waals surface area contributed by atoms with Crippen molar-refractivity contribution in [1.29, 1.82) is 0 Å². The summed E-state index contributed by atoms with van der Waals surface area (Å²) in [6, 6.07) is 9.94. The van der Waals surface area contributed by atoms with E-state index in [1.807, 2.05) is 19.1 Å². The molecule has 3 rings (SSSR count). The Bertz CT molecular complexity index is 889. The first kappa shape index (κ1) is 13.9. The summed E-state index contributed by atoms with van der Waals surface area (Å²) in [4.78, 5) is 16.8. The lowest BCUT2D eigenvalue weighted by Crippen LogP contribution is -2.21. The lowest BCUT2D eigenvalue weighted by Gasteiger charge is -2.09. The van der Waals surface area contributed by atoms with Crippen molar-refractivity contribution in [2.75, 3.05) is 0 Å². The number of nitrogens with zero attached hydrogens (tertiary/aromatic N) is 2. The summed E-state index contributed by atoms with van der Waals surface area (Å²) in [6.07, 6.45) is 1.53. The number of rotatable bonds is 2. The van der Waals surface area contributed by atoms with Gasteiger partial charge in [0, 0.05) is 4.47 Å². The predicted octanol–water partition coefficient (Wildman–Crippen LogP) is 3.65. The molecule has 1 heterocycles. The van der Waals surface area contributed by atoms with E-state index in [2.05, 4.69) is 20.9 Å². The van der Waals surface area contributed by atoms with Gasteiger partial charge in [-0.3, -0.25) is 9.36 Å². The van der Waals surface area contributed by atoms with Gasteiger partial charge in [-0.25, -0.2) is 9.37 Å². The van der Waals surface area contributed by atoms with E-state index in [1.54, 1.807) is 12.1 Å². The smallest absolute Gasteiger partial charge is 0.261 e. The fraction of sp³-hybridized carbons (Fsp3) is 0.125. The topological polar surface area (TPSA) is 34.9 Å². The average Bonchev–Trinajstić information content (AvgIpc) is 2.44. The van der Waals surface area contributed by atoms with E-state index < -0.39 is 0 Å². The van der Waals surface area contributed by atoms with Gasteiger partial charge in [0.15, 0.2) is 0 Å². The van der Waals surface area contributed by atoms with Crippen LogP contribution in [0.2, 0.25) is 0 Å². The molecule has 3 aromatic rings. The molecule has 0 fully saturated rings. The maximum absolute atomic E-state index is 13.1. The fourth-order valence-corrected chi connectivity index (χ4v) is 2.61. The third-order valence-electron chi connectivity index (χ3n) is 3.43. The van der Waals surface area contributed by atoms with Crippen molar-refractivity contribution in [1.82, 2.24) is 9.55 Å². The summed E-state index contributed by atoms with van der Waals surface area (Å²) in [6.45, 7) is 2.21. The molecular formula is C16H12BrFN2O. The van der Waals surface area contributed by atoms with Crippen LogP contribution in [0.1, 0.15) is 11.1 Å². The minimum atomic E-state index is -0.273. The van der Waals surface area contributed by atoms with Gasteiger partial charge in [-0.2, -0.15) is 0 Å². The molecule has 0 aliphatic carbocycles. The molecule has 0 saturated heterocycles. The Kier molecular flexibility index (Phi) is 3.59. The van der Waals surface area contributed by atoms with Crippen LogP contribution in [-0.2, 0) is 6.54 Å². The van der Waals surface area contributed by atoms with Crippen molar-refractivity contribution in [2.24, 2.45) is 0 Å². The molecule has 106 valence electrons. The van der Waals surface area contributed by atoms with Gasteiger partial charge in [-0.1, -0.05) is 22.0 Å². The van der Waals surface area contributed by atoms with Crippen LogP contribution in [0.5, 0.6) is 0 Å². The molecular weight excluding hydrogens is 335 g/mol. The minimum absolute atomic E-state index is 0.101. The Morgan fingerprint density at radius 3 is 2.81 bits per heavy atom. The Labute approximate surface area is 129 Å². The second kappa shape index (κ2) is 5.41. The van der Waals surface area contributed by atoms with Crippen LogP contribution in [-0.4, -0.2) is 9.55 Å². The zero-order chi connectivity index (χ0) is 15.0. The van der Waals surface area contributed by atoms with Crippen LogP contribution < -0.4 is 5.56 Å². The Hall–Kier alpha value is -2.01. The highest BCUT2D eigenvalue weighted by atomic mass is 79.9. The Morgan fingerprint density at radius 2 is 2.05 bits per heavy atom. The first-order valence-corrected chi connectivity index (χ1v) is 7.23. The third-order valence-corrected chi connectivity index (χ3v) is 3.93. The fourth-order valence-electron chi connectivity index (χ4n) is 2.26. The third kappa shape index (κ3) is 2.74. The van der Waals surface area contributed by atoms with E-state index in [4.69, 9.17) is 0 Å². The van der Waals surface area contributed by atoms with E-state index in [9.17, 15) is 9.18 Å². The highest BCUT2D eigenvalue weighted by Crippen LogP contribution is 2.16. The van der Waals surface area contributed by atoms with Gasteiger partial charge >= 0.3 is 0 Å². The molecule has 0 aliphatic rings. The zero-order valence-electron chi connectivity index (χ0n) is 11.3. The van der Waals surface area contributed by atoms with E-state index >= 15 is 0 Å². The van der Waals surface area contributed by atoms with Crippen molar-refractivity contribution < 1.29 is 4.39 Å². The molecule has 0 radical (unpaired) electrons.